The van der Waals surface area contributed by atoms with Crippen LogP contribution in [0.2, 0.25) is 38.3 Å². The van der Waals surface area contributed by atoms with Crippen LogP contribution in [0.1, 0.15) is 98.8 Å². The minimum absolute atomic E-state index is 0.0544. The first-order chi connectivity index (χ1) is 18.2. The van der Waals surface area contributed by atoms with Gasteiger partial charge in [-0.25, -0.2) is 0 Å². The Morgan fingerprint density at radius 3 is 2.13 bits per heavy atom. The molecule has 10 atom stereocenters. The smallest absolute Gasteiger partial charge is 0.305 e. The Labute approximate surface area is 243 Å². The normalized spacial score (nSPS) is 41.3. The summed E-state index contributed by atoms with van der Waals surface area (Å²) in [4.78, 5) is 11.9. The Bertz CT molecular complexity index is 861. The summed E-state index contributed by atoms with van der Waals surface area (Å²) in [6.45, 7) is 22.1. The van der Waals surface area contributed by atoms with Gasteiger partial charge >= 0.3 is 5.97 Å². The maximum atomic E-state index is 11.9. The van der Waals surface area contributed by atoms with E-state index in [1.54, 1.807) is 0 Å². The van der Waals surface area contributed by atoms with Crippen LogP contribution in [-0.4, -0.2) is 41.9 Å². The summed E-state index contributed by atoms with van der Waals surface area (Å²) in [6, 6.07) is 2.40. The Balaban J connectivity index is 1.59. The molecule has 4 aliphatic rings. The number of esters is 1. The van der Waals surface area contributed by atoms with Crippen LogP contribution in [0.3, 0.4) is 0 Å². The van der Waals surface area contributed by atoms with Gasteiger partial charge in [0.2, 0.25) is 0 Å². The maximum absolute atomic E-state index is 11.9. The van der Waals surface area contributed by atoms with Crippen molar-refractivity contribution < 1.29 is 18.4 Å². The number of carbonyl (C=O) groups excluding carboxylic acids is 1. The Morgan fingerprint density at radius 2 is 1.49 bits per heavy atom. The van der Waals surface area contributed by atoms with Crippen molar-refractivity contribution in [3.05, 3.63) is 0 Å². The van der Waals surface area contributed by atoms with Gasteiger partial charge in [-0.2, -0.15) is 0 Å². The van der Waals surface area contributed by atoms with Crippen molar-refractivity contribution in [1.29, 1.82) is 0 Å². The van der Waals surface area contributed by atoms with Crippen LogP contribution >= 0.6 is 0 Å². The average molecular weight is 579 g/mol. The zero-order valence-corrected chi connectivity index (χ0v) is 29.2. The first kappa shape index (κ1) is 31.8. The number of rotatable bonds is 10. The van der Waals surface area contributed by atoms with Gasteiger partial charge in [0, 0.05) is 18.6 Å². The third-order valence-electron chi connectivity index (χ3n) is 13.1. The lowest BCUT2D eigenvalue weighted by Crippen LogP contribution is -2.60. The number of fused-ring (bicyclic) bond motifs is 5. The van der Waals surface area contributed by atoms with E-state index in [4.69, 9.17) is 13.6 Å². The molecule has 0 spiro atoms. The minimum atomic E-state index is -1.70. The standard InChI is InChI=1S/C33H62O4Si2/c1-11-38(7,8)36-25-17-19-32(4)24(21-25)22-29(37-39(9,10)12-2)31-27-15-14-26(23(3)13-16-30(34)35-6)33(27,5)20-18-28(31)32/h23-29,31H,11-22H2,1-10H3/t23-,24+,25-,26-,27+,28+,29+,31+,32+,33-/m1/s1. The van der Waals surface area contributed by atoms with Crippen LogP contribution < -0.4 is 0 Å². The molecule has 4 nitrogen and oxygen atoms in total. The summed E-state index contributed by atoms with van der Waals surface area (Å²) in [7, 11) is -1.73. The van der Waals surface area contributed by atoms with Crippen LogP contribution in [-0.2, 0) is 18.4 Å². The highest BCUT2D eigenvalue weighted by atomic mass is 28.4. The van der Waals surface area contributed by atoms with Crippen molar-refractivity contribution >= 4 is 22.6 Å². The lowest BCUT2D eigenvalue weighted by molar-refractivity contribution is -0.169. The molecule has 0 aromatic heterocycles. The summed E-state index contributed by atoms with van der Waals surface area (Å²) in [5, 5.41) is 0. The zero-order valence-electron chi connectivity index (χ0n) is 27.2. The second-order valence-electron chi connectivity index (χ2n) is 15.9. The lowest BCUT2D eigenvalue weighted by atomic mass is 9.43. The van der Waals surface area contributed by atoms with Gasteiger partial charge in [0.15, 0.2) is 16.6 Å². The number of methoxy groups -OCH3 is 1. The second kappa shape index (κ2) is 11.8. The molecule has 0 aromatic carbocycles. The van der Waals surface area contributed by atoms with E-state index in [2.05, 4.69) is 60.8 Å². The maximum Gasteiger partial charge on any atom is 0.305 e. The van der Waals surface area contributed by atoms with Crippen molar-refractivity contribution in [1.82, 2.24) is 0 Å². The molecule has 0 aliphatic heterocycles. The third-order valence-corrected chi connectivity index (χ3v) is 18.4. The lowest BCUT2D eigenvalue weighted by Gasteiger charge is -2.64. The summed E-state index contributed by atoms with van der Waals surface area (Å²) < 4.78 is 19.2. The van der Waals surface area contributed by atoms with E-state index < -0.39 is 16.6 Å². The highest BCUT2D eigenvalue weighted by molar-refractivity contribution is 6.71. The third kappa shape index (κ3) is 6.29. The Morgan fingerprint density at radius 1 is 0.872 bits per heavy atom. The van der Waals surface area contributed by atoms with Gasteiger partial charge in [0.05, 0.1) is 7.11 Å². The highest BCUT2D eigenvalue weighted by Gasteiger charge is 2.63. The van der Waals surface area contributed by atoms with Crippen molar-refractivity contribution in [3.8, 4) is 0 Å². The average Bonchev–Trinajstić information content (AvgIpc) is 3.24. The molecular weight excluding hydrogens is 517 g/mol. The van der Waals surface area contributed by atoms with Crippen LogP contribution in [0.25, 0.3) is 0 Å². The largest absolute Gasteiger partial charge is 0.469 e. The van der Waals surface area contributed by atoms with E-state index in [-0.39, 0.29) is 5.97 Å². The minimum Gasteiger partial charge on any atom is -0.469 e. The second-order valence-corrected chi connectivity index (χ2v) is 24.9. The molecule has 0 N–H and O–H groups in total. The zero-order chi connectivity index (χ0) is 28.8. The molecule has 0 heterocycles. The molecule has 4 saturated carbocycles. The van der Waals surface area contributed by atoms with Crippen LogP contribution in [0.4, 0.5) is 0 Å². The van der Waals surface area contributed by atoms with Crippen LogP contribution in [0, 0.1) is 46.3 Å². The highest BCUT2D eigenvalue weighted by Crippen LogP contribution is 2.69. The van der Waals surface area contributed by atoms with Crippen molar-refractivity contribution in [2.75, 3.05) is 7.11 Å². The van der Waals surface area contributed by atoms with Gasteiger partial charge in [-0.15, -0.1) is 0 Å². The summed E-state index contributed by atoms with van der Waals surface area (Å²) in [5.74, 6) is 4.19. The molecule has 4 aliphatic carbocycles. The fourth-order valence-electron chi connectivity index (χ4n) is 10.0. The van der Waals surface area contributed by atoms with Crippen LogP contribution in [0.15, 0.2) is 0 Å². The number of ether oxygens (including phenoxy) is 1. The molecule has 0 bridgehead atoms. The van der Waals surface area contributed by atoms with E-state index >= 15 is 0 Å². The quantitative estimate of drug-likeness (QED) is 0.192. The van der Waals surface area contributed by atoms with Gasteiger partial charge < -0.3 is 13.6 Å². The molecule has 0 amide bonds. The molecule has 0 aromatic rings. The van der Waals surface area contributed by atoms with E-state index in [0.29, 0.717) is 47.2 Å². The van der Waals surface area contributed by atoms with Crippen molar-refractivity contribution in [2.45, 2.75) is 149 Å². The predicted octanol–water partition coefficient (Wildman–Crippen LogP) is 9.06. The van der Waals surface area contributed by atoms with E-state index in [1.807, 2.05) is 0 Å². The topological polar surface area (TPSA) is 44.8 Å². The molecule has 4 rings (SSSR count). The molecule has 0 unspecified atom stereocenters. The fourth-order valence-corrected chi connectivity index (χ4v) is 12.6. The molecule has 0 saturated heterocycles. The van der Waals surface area contributed by atoms with Crippen molar-refractivity contribution in [2.24, 2.45) is 46.3 Å². The molecule has 226 valence electrons. The van der Waals surface area contributed by atoms with Gasteiger partial charge in [-0.05, 0) is 142 Å². The van der Waals surface area contributed by atoms with E-state index in [9.17, 15) is 4.79 Å². The Hall–Kier alpha value is -0.176. The predicted molar refractivity (Wildman–Crippen MR) is 167 cm³/mol. The van der Waals surface area contributed by atoms with E-state index in [1.165, 1.54) is 70.6 Å². The fraction of sp³-hybridized carbons (Fsp3) is 0.970. The molecule has 39 heavy (non-hydrogen) atoms. The number of hydrogen-bond acceptors (Lipinski definition) is 4. The van der Waals surface area contributed by atoms with Gasteiger partial charge in [0.1, 0.15) is 0 Å². The van der Waals surface area contributed by atoms with Gasteiger partial charge in [-0.1, -0.05) is 34.6 Å². The number of hydrogen-bond donors (Lipinski definition) is 0. The van der Waals surface area contributed by atoms with Gasteiger partial charge in [-0.3, -0.25) is 4.79 Å². The summed E-state index contributed by atoms with van der Waals surface area (Å²) in [5.41, 5.74) is 0.798. The van der Waals surface area contributed by atoms with Gasteiger partial charge in [0.25, 0.3) is 0 Å². The van der Waals surface area contributed by atoms with Crippen molar-refractivity contribution in [3.63, 3.8) is 0 Å². The summed E-state index contributed by atoms with van der Waals surface area (Å²) >= 11 is 0. The first-order valence-corrected chi connectivity index (χ1v) is 22.8. The van der Waals surface area contributed by atoms with Crippen LogP contribution in [0.5, 0.6) is 0 Å². The van der Waals surface area contributed by atoms with E-state index in [0.717, 1.165) is 24.2 Å². The molecule has 6 heteroatoms. The SMILES string of the molecule is CC[Si](C)(C)O[C@@H]1CC[C@@]2(C)[C@@H](C1)C[C@H](O[Si](C)(C)CC)[C@@H]1[C@@H]2CC[C@]2(C)[C@@H]([C@H](C)CCC(=O)OC)CC[C@@H]12. The first-order valence-electron chi connectivity index (χ1n) is 16.6. The monoisotopic (exact) mass is 578 g/mol. The molecular formula is C33H62O4Si2. The molecule has 4 fully saturated rings. The summed E-state index contributed by atoms with van der Waals surface area (Å²) in [6.07, 6.45) is 12.9. The Kier molecular flexibility index (Phi) is 9.64. The molecule has 0 radical (unpaired) electrons. The number of carbonyl (C=O) groups is 1.